The Labute approximate surface area is 120 Å². The lowest BCUT2D eigenvalue weighted by Crippen LogP contribution is -2.38. The molecule has 0 amide bonds. The number of aryl methyl sites for hydroxylation is 1. The van der Waals surface area contributed by atoms with Gasteiger partial charge in [-0.25, -0.2) is 4.39 Å². The summed E-state index contributed by atoms with van der Waals surface area (Å²) in [5.41, 5.74) is 3.58. The number of rotatable bonds is 3. The molecule has 1 aromatic carbocycles. The molecule has 19 heavy (non-hydrogen) atoms. The van der Waals surface area contributed by atoms with Crippen LogP contribution in [-0.2, 0) is 24.0 Å². The van der Waals surface area contributed by atoms with E-state index in [9.17, 15) is 4.39 Å². The van der Waals surface area contributed by atoms with E-state index in [1.54, 1.807) is 6.07 Å². The molecule has 0 radical (unpaired) electrons. The van der Waals surface area contributed by atoms with E-state index < -0.39 is 0 Å². The van der Waals surface area contributed by atoms with E-state index in [2.05, 4.69) is 5.32 Å². The van der Waals surface area contributed by atoms with E-state index in [0.29, 0.717) is 6.10 Å². The molecule has 0 unspecified atom stereocenters. The van der Waals surface area contributed by atoms with Crippen molar-refractivity contribution in [3.05, 3.63) is 34.6 Å². The van der Waals surface area contributed by atoms with Crippen molar-refractivity contribution < 1.29 is 9.13 Å². The number of hydrogen-bond acceptors (Lipinski definition) is 2. The first-order valence-electron chi connectivity index (χ1n) is 6.96. The Morgan fingerprint density at radius 3 is 2.89 bits per heavy atom. The number of halogens is 2. The van der Waals surface area contributed by atoms with E-state index in [1.165, 1.54) is 11.1 Å². The van der Waals surface area contributed by atoms with Crippen LogP contribution < -0.4 is 5.32 Å². The van der Waals surface area contributed by atoms with Gasteiger partial charge in [-0.15, -0.1) is 12.4 Å². The van der Waals surface area contributed by atoms with Gasteiger partial charge in [-0.05, 0) is 54.9 Å². The molecule has 1 aliphatic heterocycles. The summed E-state index contributed by atoms with van der Waals surface area (Å²) in [6, 6.07) is 3.61. The lowest BCUT2D eigenvalue weighted by molar-refractivity contribution is 0.0238. The highest BCUT2D eigenvalue weighted by atomic mass is 35.5. The number of hydrogen-bond donors (Lipinski definition) is 1. The zero-order chi connectivity index (χ0) is 12.4. The van der Waals surface area contributed by atoms with E-state index in [-0.39, 0.29) is 18.2 Å². The molecule has 3 rings (SSSR count). The van der Waals surface area contributed by atoms with Crippen LogP contribution in [0.1, 0.15) is 29.5 Å². The number of nitrogens with one attached hydrogen (secondary N) is 1. The van der Waals surface area contributed by atoms with Crippen LogP contribution in [0.4, 0.5) is 4.39 Å². The summed E-state index contributed by atoms with van der Waals surface area (Å²) in [4.78, 5) is 0. The van der Waals surface area contributed by atoms with Crippen LogP contribution in [0.25, 0.3) is 0 Å². The zero-order valence-electron chi connectivity index (χ0n) is 11.1. The summed E-state index contributed by atoms with van der Waals surface area (Å²) in [6.45, 7) is 2.72. The van der Waals surface area contributed by atoms with E-state index in [0.717, 1.165) is 57.4 Å². The summed E-state index contributed by atoms with van der Waals surface area (Å²) in [7, 11) is 0. The third-order valence-electron chi connectivity index (χ3n) is 4.06. The van der Waals surface area contributed by atoms with Crippen molar-refractivity contribution >= 4 is 12.4 Å². The fourth-order valence-corrected chi connectivity index (χ4v) is 3.09. The average Bonchev–Trinajstić information content (AvgIpc) is 2.90. The van der Waals surface area contributed by atoms with E-state index in [1.807, 2.05) is 6.07 Å². The quantitative estimate of drug-likeness (QED) is 0.922. The molecule has 0 spiro atoms. The first kappa shape index (κ1) is 14.8. The first-order valence-corrected chi connectivity index (χ1v) is 6.96. The lowest BCUT2D eigenvalue weighted by atomic mass is 9.97. The summed E-state index contributed by atoms with van der Waals surface area (Å²) in [6.07, 6.45) is 5.42. The van der Waals surface area contributed by atoms with E-state index in [4.69, 9.17) is 4.74 Å². The van der Waals surface area contributed by atoms with Crippen molar-refractivity contribution in [2.24, 2.45) is 0 Å². The summed E-state index contributed by atoms with van der Waals surface area (Å²) < 4.78 is 19.3. The van der Waals surface area contributed by atoms with Gasteiger partial charge in [0.25, 0.3) is 0 Å². The monoisotopic (exact) mass is 285 g/mol. The molecule has 2 nitrogen and oxygen atoms in total. The van der Waals surface area contributed by atoms with Crippen LogP contribution in [0, 0.1) is 5.82 Å². The van der Waals surface area contributed by atoms with Gasteiger partial charge in [-0.1, -0.05) is 6.07 Å². The first-order chi connectivity index (χ1) is 8.84. The molecule has 106 valence electrons. The van der Waals surface area contributed by atoms with Gasteiger partial charge in [0.2, 0.25) is 0 Å². The number of morpholine rings is 1. The Morgan fingerprint density at radius 2 is 2.11 bits per heavy atom. The van der Waals surface area contributed by atoms with E-state index >= 15 is 0 Å². The molecule has 1 heterocycles. The molecule has 0 saturated carbocycles. The molecule has 4 heteroatoms. The van der Waals surface area contributed by atoms with Crippen molar-refractivity contribution in [3.63, 3.8) is 0 Å². The second-order valence-electron chi connectivity index (χ2n) is 5.25. The smallest absolute Gasteiger partial charge is 0.126 e. The number of fused-ring (bicyclic) bond motifs is 1. The molecular formula is C15H21ClFNO. The van der Waals surface area contributed by atoms with Crippen molar-refractivity contribution in [2.45, 2.75) is 38.2 Å². The molecule has 1 atom stereocenters. The Morgan fingerprint density at radius 1 is 1.26 bits per heavy atom. The maximum absolute atomic E-state index is 13.6. The van der Waals surface area contributed by atoms with Gasteiger partial charge >= 0.3 is 0 Å². The molecular weight excluding hydrogens is 265 g/mol. The summed E-state index contributed by atoms with van der Waals surface area (Å²) in [5.74, 6) is -0.0122. The van der Waals surface area contributed by atoms with Crippen LogP contribution in [0.5, 0.6) is 0 Å². The third-order valence-corrected chi connectivity index (χ3v) is 4.06. The maximum Gasteiger partial charge on any atom is 0.126 e. The minimum atomic E-state index is -0.0122. The molecule has 1 aromatic rings. The molecule has 2 aliphatic rings. The molecule has 1 saturated heterocycles. The van der Waals surface area contributed by atoms with Gasteiger partial charge in [-0.3, -0.25) is 0 Å². The Balaban J connectivity index is 0.00000133. The highest BCUT2D eigenvalue weighted by molar-refractivity contribution is 5.85. The van der Waals surface area contributed by atoms with Crippen LogP contribution >= 0.6 is 12.4 Å². The van der Waals surface area contributed by atoms with Crippen molar-refractivity contribution in [2.75, 3.05) is 19.7 Å². The van der Waals surface area contributed by atoms with Crippen LogP contribution in [0.15, 0.2) is 12.1 Å². The minimum absolute atomic E-state index is 0. The van der Waals surface area contributed by atoms with Crippen LogP contribution in [0.3, 0.4) is 0 Å². The van der Waals surface area contributed by atoms with Gasteiger partial charge < -0.3 is 10.1 Å². The maximum atomic E-state index is 13.6. The van der Waals surface area contributed by atoms with Gasteiger partial charge in [-0.2, -0.15) is 0 Å². The average molecular weight is 286 g/mol. The molecule has 1 fully saturated rings. The predicted molar refractivity (Wildman–Crippen MR) is 76.6 cm³/mol. The van der Waals surface area contributed by atoms with Gasteiger partial charge in [0.1, 0.15) is 5.82 Å². The fourth-order valence-electron chi connectivity index (χ4n) is 3.09. The SMILES string of the molecule is Cl.Fc1ccc(CC[C@@H]2CNCCO2)c2c1CCC2. The second-order valence-corrected chi connectivity index (χ2v) is 5.25. The van der Waals surface area contributed by atoms with Gasteiger partial charge in [0.05, 0.1) is 12.7 Å². The summed E-state index contributed by atoms with van der Waals surface area (Å²) in [5, 5.41) is 3.35. The largest absolute Gasteiger partial charge is 0.376 e. The van der Waals surface area contributed by atoms with Gasteiger partial charge in [0, 0.05) is 13.1 Å². The predicted octanol–water partition coefficient (Wildman–Crippen LogP) is 2.66. The fraction of sp³-hybridized carbons (Fsp3) is 0.600. The van der Waals surface area contributed by atoms with Crippen molar-refractivity contribution in [1.82, 2.24) is 5.32 Å². The standard InChI is InChI=1S/C15H20FNO.ClH/c16-15-7-5-11(13-2-1-3-14(13)15)4-6-12-10-17-8-9-18-12;/h5,7,12,17H,1-4,6,8-10H2;1H/t12-;/m1./s1. The molecule has 1 aliphatic carbocycles. The Hall–Kier alpha value is -0.640. The normalized spacial score (nSPS) is 21.8. The number of benzene rings is 1. The minimum Gasteiger partial charge on any atom is -0.376 e. The van der Waals surface area contributed by atoms with Crippen molar-refractivity contribution in [3.8, 4) is 0 Å². The van der Waals surface area contributed by atoms with Crippen LogP contribution in [0.2, 0.25) is 0 Å². The molecule has 1 N–H and O–H groups in total. The Kier molecular flexibility index (Phi) is 5.20. The van der Waals surface area contributed by atoms with Crippen LogP contribution in [-0.4, -0.2) is 25.8 Å². The van der Waals surface area contributed by atoms with Gasteiger partial charge in [0.15, 0.2) is 0 Å². The highest BCUT2D eigenvalue weighted by Gasteiger charge is 2.20. The zero-order valence-corrected chi connectivity index (χ0v) is 11.9. The highest BCUT2D eigenvalue weighted by Crippen LogP contribution is 2.28. The number of ether oxygens (including phenoxy) is 1. The molecule has 0 aromatic heterocycles. The summed E-state index contributed by atoms with van der Waals surface area (Å²) >= 11 is 0. The lowest BCUT2D eigenvalue weighted by Gasteiger charge is -2.24. The second kappa shape index (κ2) is 6.69. The molecule has 0 bridgehead atoms. The third kappa shape index (κ3) is 3.28. The van der Waals surface area contributed by atoms with Crippen molar-refractivity contribution in [1.29, 1.82) is 0 Å². The Bertz CT molecular complexity index is 432. The topological polar surface area (TPSA) is 21.3 Å².